The SMILES string of the molecule is NCC(=O)N1CCC2(CCOC2)C1. The number of likely N-dealkylation sites (tertiary alicyclic amines) is 1. The summed E-state index contributed by atoms with van der Waals surface area (Å²) in [6.07, 6.45) is 2.18. The van der Waals surface area contributed by atoms with Crippen molar-refractivity contribution in [3.05, 3.63) is 0 Å². The fourth-order valence-electron chi connectivity index (χ4n) is 2.25. The van der Waals surface area contributed by atoms with Crippen LogP contribution in [0.25, 0.3) is 0 Å². The summed E-state index contributed by atoms with van der Waals surface area (Å²) in [5, 5.41) is 0. The van der Waals surface area contributed by atoms with Crippen molar-refractivity contribution in [1.82, 2.24) is 4.90 Å². The molecule has 13 heavy (non-hydrogen) atoms. The van der Waals surface area contributed by atoms with Crippen LogP contribution in [0.15, 0.2) is 0 Å². The van der Waals surface area contributed by atoms with Crippen molar-refractivity contribution in [2.24, 2.45) is 11.1 Å². The maximum Gasteiger partial charge on any atom is 0.236 e. The van der Waals surface area contributed by atoms with E-state index in [0.29, 0.717) is 0 Å². The lowest BCUT2D eigenvalue weighted by molar-refractivity contribution is -0.129. The van der Waals surface area contributed by atoms with Crippen molar-refractivity contribution < 1.29 is 9.53 Å². The minimum absolute atomic E-state index is 0.0729. The summed E-state index contributed by atoms with van der Waals surface area (Å²) >= 11 is 0. The molecule has 0 aromatic rings. The highest BCUT2D eigenvalue weighted by atomic mass is 16.5. The molecule has 2 N–H and O–H groups in total. The van der Waals surface area contributed by atoms with Crippen LogP contribution in [0.1, 0.15) is 12.8 Å². The molecule has 1 unspecified atom stereocenters. The van der Waals surface area contributed by atoms with E-state index in [-0.39, 0.29) is 17.9 Å². The molecule has 0 radical (unpaired) electrons. The van der Waals surface area contributed by atoms with Crippen molar-refractivity contribution >= 4 is 5.91 Å². The van der Waals surface area contributed by atoms with Crippen molar-refractivity contribution in [2.45, 2.75) is 12.8 Å². The molecule has 0 saturated carbocycles. The van der Waals surface area contributed by atoms with E-state index in [1.807, 2.05) is 4.90 Å². The number of hydrogen-bond donors (Lipinski definition) is 1. The third-order valence-electron chi connectivity index (χ3n) is 3.15. The number of carbonyl (C=O) groups excluding carboxylic acids is 1. The molecule has 2 fully saturated rings. The van der Waals surface area contributed by atoms with Crippen LogP contribution in [0.5, 0.6) is 0 Å². The van der Waals surface area contributed by atoms with Gasteiger partial charge in [0.05, 0.1) is 13.2 Å². The Bertz CT molecular complexity index is 212. The predicted octanol–water partition coefficient (Wildman–Crippen LogP) is -0.416. The molecule has 2 rings (SSSR count). The van der Waals surface area contributed by atoms with E-state index in [1.54, 1.807) is 0 Å². The zero-order valence-corrected chi connectivity index (χ0v) is 7.79. The molecule has 0 aromatic heterocycles. The van der Waals surface area contributed by atoms with Crippen LogP contribution in [0.3, 0.4) is 0 Å². The molecule has 0 aromatic carbocycles. The van der Waals surface area contributed by atoms with Crippen LogP contribution in [-0.2, 0) is 9.53 Å². The summed E-state index contributed by atoms with van der Waals surface area (Å²) < 4.78 is 5.37. The summed E-state index contributed by atoms with van der Waals surface area (Å²) in [5.74, 6) is 0.0729. The standard InChI is InChI=1S/C9H16N2O2/c10-5-8(12)11-3-1-9(6-11)2-4-13-7-9/h1-7,10H2. The first-order chi connectivity index (χ1) is 6.26. The molecular weight excluding hydrogens is 168 g/mol. The Morgan fingerprint density at radius 1 is 1.54 bits per heavy atom. The van der Waals surface area contributed by atoms with Gasteiger partial charge in [0.1, 0.15) is 0 Å². The van der Waals surface area contributed by atoms with Gasteiger partial charge in [-0.2, -0.15) is 0 Å². The summed E-state index contributed by atoms with van der Waals surface area (Å²) in [6, 6.07) is 0. The predicted molar refractivity (Wildman–Crippen MR) is 48.1 cm³/mol. The number of nitrogens with two attached hydrogens (primary N) is 1. The number of nitrogens with zero attached hydrogens (tertiary/aromatic N) is 1. The van der Waals surface area contributed by atoms with Gasteiger partial charge in [-0.25, -0.2) is 0 Å². The largest absolute Gasteiger partial charge is 0.381 e. The Labute approximate surface area is 78.0 Å². The van der Waals surface area contributed by atoms with Crippen LogP contribution >= 0.6 is 0 Å². The molecule has 2 aliphatic rings. The highest BCUT2D eigenvalue weighted by Gasteiger charge is 2.42. The lowest BCUT2D eigenvalue weighted by Crippen LogP contribution is -2.36. The summed E-state index contributed by atoms with van der Waals surface area (Å²) in [7, 11) is 0. The van der Waals surface area contributed by atoms with Crippen LogP contribution in [0.4, 0.5) is 0 Å². The molecule has 4 heteroatoms. The zero-order valence-electron chi connectivity index (χ0n) is 7.79. The minimum atomic E-state index is 0.0729. The molecule has 1 amide bonds. The van der Waals surface area contributed by atoms with Crippen LogP contribution in [-0.4, -0.2) is 43.7 Å². The van der Waals surface area contributed by atoms with E-state index >= 15 is 0 Å². The Morgan fingerprint density at radius 3 is 3.00 bits per heavy atom. The maximum absolute atomic E-state index is 11.3. The van der Waals surface area contributed by atoms with Crippen molar-refractivity contribution in [1.29, 1.82) is 0 Å². The van der Waals surface area contributed by atoms with Gasteiger partial charge >= 0.3 is 0 Å². The highest BCUT2D eigenvalue weighted by molar-refractivity contribution is 5.78. The number of hydrogen-bond acceptors (Lipinski definition) is 3. The Balaban J connectivity index is 1.96. The Hall–Kier alpha value is -0.610. The van der Waals surface area contributed by atoms with Crippen molar-refractivity contribution in [3.63, 3.8) is 0 Å². The van der Waals surface area contributed by atoms with Crippen LogP contribution in [0, 0.1) is 5.41 Å². The van der Waals surface area contributed by atoms with E-state index in [4.69, 9.17) is 10.5 Å². The fraction of sp³-hybridized carbons (Fsp3) is 0.889. The molecular formula is C9H16N2O2. The maximum atomic E-state index is 11.3. The average Bonchev–Trinajstić information content (AvgIpc) is 2.76. The van der Waals surface area contributed by atoms with Gasteiger partial charge in [0.15, 0.2) is 0 Å². The van der Waals surface area contributed by atoms with Gasteiger partial charge in [-0.1, -0.05) is 0 Å². The van der Waals surface area contributed by atoms with Crippen molar-refractivity contribution in [2.75, 3.05) is 32.8 Å². The molecule has 0 bridgehead atoms. The van der Waals surface area contributed by atoms with E-state index in [1.165, 1.54) is 0 Å². The second kappa shape index (κ2) is 3.27. The average molecular weight is 184 g/mol. The van der Waals surface area contributed by atoms with Crippen LogP contribution in [0.2, 0.25) is 0 Å². The highest BCUT2D eigenvalue weighted by Crippen LogP contribution is 2.37. The van der Waals surface area contributed by atoms with Gasteiger partial charge in [-0.3, -0.25) is 4.79 Å². The quantitative estimate of drug-likeness (QED) is 0.602. The third kappa shape index (κ3) is 1.56. The molecule has 2 saturated heterocycles. The number of rotatable bonds is 1. The first-order valence-electron chi connectivity index (χ1n) is 4.81. The second-order valence-corrected chi connectivity index (χ2v) is 4.07. The summed E-state index contributed by atoms with van der Waals surface area (Å²) in [6.45, 7) is 3.52. The normalized spacial score (nSPS) is 33.2. The molecule has 2 heterocycles. The third-order valence-corrected chi connectivity index (χ3v) is 3.15. The number of ether oxygens (including phenoxy) is 1. The molecule has 1 atom stereocenters. The first kappa shape index (κ1) is 8.97. The van der Waals surface area contributed by atoms with Gasteiger partial charge in [0, 0.05) is 25.1 Å². The van der Waals surface area contributed by atoms with E-state index in [2.05, 4.69) is 0 Å². The summed E-state index contributed by atoms with van der Waals surface area (Å²) in [4.78, 5) is 13.2. The van der Waals surface area contributed by atoms with E-state index in [0.717, 1.165) is 39.1 Å². The number of amides is 1. The first-order valence-corrected chi connectivity index (χ1v) is 4.81. The topological polar surface area (TPSA) is 55.6 Å². The van der Waals surface area contributed by atoms with Gasteiger partial charge in [-0.15, -0.1) is 0 Å². The van der Waals surface area contributed by atoms with Crippen molar-refractivity contribution in [3.8, 4) is 0 Å². The Morgan fingerprint density at radius 2 is 2.38 bits per heavy atom. The number of carbonyl (C=O) groups is 1. The molecule has 2 aliphatic heterocycles. The van der Waals surface area contributed by atoms with E-state index < -0.39 is 0 Å². The second-order valence-electron chi connectivity index (χ2n) is 4.07. The van der Waals surface area contributed by atoms with E-state index in [9.17, 15) is 4.79 Å². The minimum Gasteiger partial charge on any atom is -0.381 e. The molecule has 74 valence electrons. The molecule has 0 aliphatic carbocycles. The Kier molecular flexibility index (Phi) is 2.26. The smallest absolute Gasteiger partial charge is 0.236 e. The van der Waals surface area contributed by atoms with Gasteiger partial charge in [-0.05, 0) is 12.8 Å². The lowest BCUT2D eigenvalue weighted by atomic mass is 9.87. The summed E-state index contributed by atoms with van der Waals surface area (Å²) in [5.41, 5.74) is 5.59. The van der Waals surface area contributed by atoms with Gasteiger partial charge in [0.25, 0.3) is 0 Å². The molecule has 4 nitrogen and oxygen atoms in total. The fourth-order valence-corrected chi connectivity index (χ4v) is 2.25. The van der Waals surface area contributed by atoms with Gasteiger partial charge in [0.2, 0.25) is 5.91 Å². The van der Waals surface area contributed by atoms with Gasteiger partial charge < -0.3 is 15.4 Å². The lowest BCUT2D eigenvalue weighted by Gasteiger charge is -2.21. The monoisotopic (exact) mass is 184 g/mol. The van der Waals surface area contributed by atoms with Crippen LogP contribution < -0.4 is 5.73 Å². The zero-order chi connectivity index (χ0) is 9.31. The molecule has 1 spiro atoms.